The van der Waals surface area contributed by atoms with Crippen LogP contribution in [0.15, 0.2) is 18.2 Å². The average Bonchev–Trinajstić information content (AvgIpc) is 2.25. The maximum Gasteiger partial charge on any atom is 0.401 e. The van der Waals surface area contributed by atoms with Gasteiger partial charge in [0.05, 0.1) is 30.5 Å². The highest BCUT2D eigenvalue weighted by atomic mass is 35.7. The molecule has 0 aromatic heterocycles. The van der Waals surface area contributed by atoms with Crippen LogP contribution in [0.2, 0.25) is 0 Å². The number of halogens is 1. The van der Waals surface area contributed by atoms with E-state index in [4.69, 9.17) is 15.4 Å². The normalized spacial score (nSPS) is 10.8. The molecule has 0 spiro atoms. The molecule has 0 amide bonds. The van der Waals surface area contributed by atoms with Gasteiger partial charge in [0.15, 0.2) is 11.5 Å². The van der Waals surface area contributed by atoms with Crippen molar-refractivity contribution in [3.63, 3.8) is 0 Å². The molecule has 0 N–H and O–H groups in total. The number of esters is 1. The summed E-state index contributed by atoms with van der Waals surface area (Å²) in [5.74, 6) is -0.697. The van der Waals surface area contributed by atoms with Crippen LogP contribution in [0, 0.1) is 0 Å². The minimum absolute atomic E-state index is 0.114. The molecule has 17 heavy (non-hydrogen) atoms. The van der Waals surface area contributed by atoms with Gasteiger partial charge in [-0.25, -0.2) is 4.79 Å². The van der Waals surface area contributed by atoms with Crippen LogP contribution in [-0.2, 0) is 14.1 Å². The molecule has 0 aliphatic carbocycles. The van der Waals surface area contributed by atoms with Crippen molar-refractivity contribution in [1.29, 1.82) is 0 Å². The van der Waals surface area contributed by atoms with E-state index in [0.717, 1.165) is 6.07 Å². The number of methoxy groups -OCH3 is 2. The predicted molar refractivity (Wildman–Crippen MR) is 59.7 cm³/mol. The van der Waals surface area contributed by atoms with Gasteiger partial charge >= 0.3 is 15.3 Å². The lowest BCUT2D eigenvalue weighted by atomic mass is 10.2. The van der Waals surface area contributed by atoms with E-state index < -0.39 is 15.3 Å². The molecule has 0 aliphatic rings. The van der Waals surface area contributed by atoms with Crippen molar-refractivity contribution < 1.29 is 26.9 Å². The van der Waals surface area contributed by atoms with Gasteiger partial charge in [0.2, 0.25) is 0 Å². The zero-order valence-electron chi connectivity index (χ0n) is 8.97. The summed E-state index contributed by atoms with van der Waals surface area (Å²) in [5.41, 5.74) is 0.114. The maximum absolute atomic E-state index is 11.2. The van der Waals surface area contributed by atoms with Crippen molar-refractivity contribution in [2.24, 2.45) is 0 Å². The molecule has 1 aromatic carbocycles. The van der Waals surface area contributed by atoms with Crippen LogP contribution >= 0.6 is 10.7 Å². The first kappa shape index (κ1) is 13.6. The lowest BCUT2D eigenvalue weighted by Crippen LogP contribution is -2.05. The second kappa shape index (κ2) is 5.24. The topological polar surface area (TPSA) is 78.9 Å². The molecular formula is C9H9ClO6S. The number of carbonyl (C=O) groups excluding carboxylic acids is 1. The quantitative estimate of drug-likeness (QED) is 0.612. The largest absolute Gasteiger partial charge is 0.493 e. The Bertz CT molecular complexity index is 524. The summed E-state index contributed by atoms with van der Waals surface area (Å²) in [7, 11) is 3.24. The van der Waals surface area contributed by atoms with Gasteiger partial charge in [-0.1, -0.05) is 0 Å². The van der Waals surface area contributed by atoms with Crippen LogP contribution in [0.3, 0.4) is 0 Å². The fraction of sp³-hybridized carbons (Fsp3) is 0.222. The second-order valence-electron chi connectivity index (χ2n) is 2.83. The highest BCUT2D eigenvalue weighted by Gasteiger charge is 2.16. The molecule has 94 valence electrons. The van der Waals surface area contributed by atoms with Crippen LogP contribution in [-0.4, -0.2) is 28.6 Å². The van der Waals surface area contributed by atoms with Gasteiger partial charge < -0.3 is 13.7 Å². The Hall–Kier alpha value is -1.47. The summed E-state index contributed by atoms with van der Waals surface area (Å²) in [6.45, 7) is 0. The van der Waals surface area contributed by atoms with E-state index in [2.05, 4.69) is 8.92 Å². The molecule has 0 unspecified atom stereocenters. The van der Waals surface area contributed by atoms with Crippen molar-refractivity contribution in [1.82, 2.24) is 0 Å². The lowest BCUT2D eigenvalue weighted by Gasteiger charge is -2.08. The van der Waals surface area contributed by atoms with E-state index in [0.29, 0.717) is 0 Å². The van der Waals surface area contributed by atoms with Gasteiger partial charge in [0, 0.05) is 6.07 Å². The highest BCUT2D eigenvalue weighted by molar-refractivity contribution is 8.10. The van der Waals surface area contributed by atoms with Gasteiger partial charge in [0.1, 0.15) is 0 Å². The minimum atomic E-state index is -4.22. The summed E-state index contributed by atoms with van der Waals surface area (Å²) in [6.07, 6.45) is 0. The van der Waals surface area contributed by atoms with E-state index >= 15 is 0 Å². The monoisotopic (exact) mass is 280 g/mol. The molecule has 0 heterocycles. The van der Waals surface area contributed by atoms with Crippen LogP contribution in [0.4, 0.5) is 0 Å². The van der Waals surface area contributed by atoms with Crippen LogP contribution in [0.1, 0.15) is 10.4 Å². The summed E-state index contributed by atoms with van der Waals surface area (Å²) in [6, 6.07) is 3.92. The van der Waals surface area contributed by atoms with E-state index in [9.17, 15) is 13.2 Å². The Labute approximate surface area is 103 Å². The van der Waals surface area contributed by atoms with Crippen molar-refractivity contribution in [2.45, 2.75) is 0 Å². The molecule has 1 rings (SSSR count). The second-order valence-corrected chi connectivity index (χ2v) is 4.92. The molecule has 1 aromatic rings. The fourth-order valence-corrected chi connectivity index (χ4v) is 1.64. The van der Waals surface area contributed by atoms with Crippen LogP contribution < -0.4 is 8.92 Å². The van der Waals surface area contributed by atoms with Crippen molar-refractivity contribution >= 4 is 26.0 Å². The number of ether oxygens (including phenoxy) is 2. The van der Waals surface area contributed by atoms with Crippen LogP contribution in [0.5, 0.6) is 11.5 Å². The third-order valence-electron chi connectivity index (χ3n) is 1.77. The standard InChI is InChI=1S/C9H9ClO6S/c1-14-7-4-3-6(9(11)15-2)5-8(7)16-17(10,12)13/h3-5H,1-2H3. The zero-order chi connectivity index (χ0) is 13.1. The number of rotatable bonds is 4. The van der Waals surface area contributed by atoms with Crippen molar-refractivity contribution in [3.05, 3.63) is 23.8 Å². The van der Waals surface area contributed by atoms with Gasteiger partial charge in [0.25, 0.3) is 0 Å². The molecule has 8 heteroatoms. The van der Waals surface area contributed by atoms with E-state index in [1.165, 1.54) is 26.4 Å². The summed E-state index contributed by atoms with van der Waals surface area (Å²) >= 11 is 0. The van der Waals surface area contributed by atoms with Crippen molar-refractivity contribution in [2.75, 3.05) is 14.2 Å². The first-order valence-electron chi connectivity index (χ1n) is 4.28. The number of carbonyl (C=O) groups is 1. The van der Waals surface area contributed by atoms with E-state index in [1.807, 2.05) is 0 Å². The van der Waals surface area contributed by atoms with Gasteiger partial charge in [-0.15, -0.1) is 0 Å². The van der Waals surface area contributed by atoms with Gasteiger partial charge in [-0.2, -0.15) is 8.42 Å². The summed E-state index contributed by atoms with van der Waals surface area (Å²) < 4.78 is 35.4. The van der Waals surface area contributed by atoms with Gasteiger partial charge in [-0.3, -0.25) is 0 Å². The Balaban J connectivity index is 3.20. The van der Waals surface area contributed by atoms with Gasteiger partial charge in [-0.05, 0) is 12.1 Å². The molecule has 6 nitrogen and oxygen atoms in total. The fourth-order valence-electron chi connectivity index (χ4n) is 1.09. The molecule has 0 saturated heterocycles. The average molecular weight is 281 g/mol. The molecule has 0 fully saturated rings. The van der Waals surface area contributed by atoms with Crippen molar-refractivity contribution in [3.8, 4) is 11.5 Å². The maximum atomic E-state index is 11.2. The Morgan fingerprint density at radius 3 is 2.35 bits per heavy atom. The molecule has 0 saturated carbocycles. The first-order chi connectivity index (χ1) is 7.87. The Morgan fingerprint density at radius 2 is 1.88 bits per heavy atom. The zero-order valence-corrected chi connectivity index (χ0v) is 10.5. The molecular weight excluding hydrogens is 272 g/mol. The third kappa shape index (κ3) is 3.79. The minimum Gasteiger partial charge on any atom is -0.493 e. The Kier molecular flexibility index (Phi) is 4.19. The van der Waals surface area contributed by atoms with E-state index in [1.54, 1.807) is 0 Å². The number of benzene rings is 1. The SMILES string of the molecule is COC(=O)c1ccc(OC)c(OS(=O)(=O)Cl)c1. The number of hydrogen-bond acceptors (Lipinski definition) is 6. The lowest BCUT2D eigenvalue weighted by molar-refractivity contribution is 0.0600. The third-order valence-corrected chi connectivity index (χ3v) is 2.34. The highest BCUT2D eigenvalue weighted by Crippen LogP contribution is 2.30. The predicted octanol–water partition coefficient (Wildman–Crippen LogP) is 1.34. The molecule has 0 bridgehead atoms. The Morgan fingerprint density at radius 1 is 1.24 bits per heavy atom. The van der Waals surface area contributed by atoms with Crippen LogP contribution in [0.25, 0.3) is 0 Å². The summed E-state index contributed by atoms with van der Waals surface area (Å²) in [4.78, 5) is 11.2. The van der Waals surface area contributed by atoms with E-state index in [-0.39, 0.29) is 17.1 Å². The number of hydrogen-bond donors (Lipinski definition) is 0. The first-order valence-corrected chi connectivity index (χ1v) is 6.51. The summed E-state index contributed by atoms with van der Waals surface area (Å²) in [5, 5.41) is 0. The molecule has 0 radical (unpaired) electrons. The molecule has 0 aliphatic heterocycles. The molecule has 0 atom stereocenters. The smallest absolute Gasteiger partial charge is 0.401 e.